The summed E-state index contributed by atoms with van der Waals surface area (Å²) < 4.78 is 0. The molecule has 0 saturated carbocycles. The molecule has 0 N–H and O–H groups in total. The first-order valence-corrected chi connectivity index (χ1v) is 11.0. The van der Waals surface area contributed by atoms with Crippen molar-refractivity contribution in [2.75, 3.05) is 0 Å². The van der Waals surface area contributed by atoms with Crippen molar-refractivity contribution in [1.82, 2.24) is 4.98 Å². The van der Waals surface area contributed by atoms with Gasteiger partial charge in [0.25, 0.3) is 0 Å². The Morgan fingerprint density at radius 2 is 1.12 bits per heavy atom. The summed E-state index contributed by atoms with van der Waals surface area (Å²) >= 11 is 0. The molecule has 0 aliphatic heterocycles. The van der Waals surface area contributed by atoms with E-state index in [4.69, 9.17) is 0 Å². The lowest BCUT2D eigenvalue weighted by molar-refractivity contribution is 1.42. The van der Waals surface area contributed by atoms with Crippen LogP contribution in [-0.4, -0.2) is 4.98 Å². The van der Waals surface area contributed by atoms with E-state index in [1.807, 2.05) is 12.3 Å². The number of benzene rings is 6. The highest BCUT2D eigenvalue weighted by Gasteiger charge is 2.12. The molecule has 0 amide bonds. The SMILES string of the molecule is c1ccc2c(c1)ccc1cc(-c3ccc4ccc5ncccc5c4c3)c3ccccc3c12. The molecule has 0 radical (unpaired) electrons. The van der Waals surface area contributed by atoms with Gasteiger partial charge in [0.2, 0.25) is 0 Å². The topological polar surface area (TPSA) is 12.9 Å². The fourth-order valence-electron chi connectivity index (χ4n) is 5.17. The predicted octanol–water partition coefficient (Wildman–Crippen LogP) is 8.51. The van der Waals surface area contributed by atoms with Gasteiger partial charge >= 0.3 is 0 Å². The third-order valence-electron chi connectivity index (χ3n) is 6.66. The molecule has 148 valence electrons. The van der Waals surface area contributed by atoms with Crippen LogP contribution in [-0.2, 0) is 0 Å². The standard InChI is InChI=1S/C31H19N/c1-2-7-24-20(6-1)12-14-23-19-29(25-8-3-4-9-27(25)31(23)24)22-13-11-21-15-16-30-26(28(21)18-22)10-5-17-32-30/h1-19H. The Morgan fingerprint density at radius 3 is 2.06 bits per heavy atom. The van der Waals surface area contributed by atoms with E-state index >= 15 is 0 Å². The van der Waals surface area contributed by atoms with Crippen molar-refractivity contribution < 1.29 is 0 Å². The van der Waals surface area contributed by atoms with E-state index in [1.54, 1.807) is 0 Å². The fourth-order valence-corrected chi connectivity index (χ4v) is 5.17. The Kier molecular flexibility index (Phi) is 3.62. The van der Waals surface area contributed by atoms with Crippen LogP contribution in [0.2, 0.25) is 0 Å². The molecule has 7 aromatic rings. The lowest BCUT2D eigenvalue weighted by Crippen LogP contribution is -1.87. The average Bonchev–Trinajstić information content (AvgIpc) is 2.87. The zero-order valence-electron chi connectivity index (χ0n) is 17.4. The first kappa shape index (κ1) is 17.5. The average molecular weight is 406 g/mol. The molecule has 1 heteroatoms. The highest BCUT2D eigenvalue weighted by Crippen LogP contribution is 2.39. The maximum atomic E-state index is 4.55. The number of rotatable bonds is 1. The van der Waals surface area contributed by atoms with Crippen LogP contribution in [0.4, 0.5) is 0 Å². The number of hydrogen-bond donors (Lipinski definition) is 0. The monoisotopic (exact) mass is 405 g/mol. The van der Waals surface area contributed by atoms with Gasteiger partial charge in [0, 0.05) is 11.6 Å². The van der Waals surface area contributed by atoms with Crippen molar-refractivity contribution in [2.24, 2.45) is 0 Å². The second kappa shape index (κ2) is 6.63. The van der Waals surface area contributed by atoms with Gasteiger partial charge < -0.3 is 0 Å². The first-order chi connectivity index (χ1) is 15.9. The van der Waals surface area contributed by atoms with Crippen LogP contribution >= 0.6 is 0 Å². The number of hydrogen-bond acceptors (Lipinski definition) is 1. The van der Waals surface area contributed by atoms with Crippen LogP contribution in [0.15, 0.2) is 115 Å². The Morgan fingerprint density at radius 1 is 0.438 bits per heavy atom. The molecular formula is C31H19N. The summed E-state index contributed by atoms with van der Waals surface area (Å²) in [7, 11) is 0. The molecule has 0 spiro atoms. The summed E-state index contributed by atoms with van der Waals surface area (Å²) in [5.74, 6) is 0. The van der Waals surface area contributed by atoms with E-state index in [1.165, 1.54) is 59.6 Å². The van der Waals surface area contributed by atoms with Crippen molar-refractivity contribution in [3.63, 3.8) is 0 Å². The van der Waals surface area contributed by atoms with Crippen LogP contribution in [0.5, 0.6) is 0 Å². The highest BCUT2D eigenvalue weighted by atomic mass is 14.6. The van der Waals surface area contributed by atoms with Gasteiger partial charge in [-0.15, -0.1) is 0 Å². The largest absolute Gasteiger partial charge is 0.256 e. The smallest absolute Gasteiger partial charge is 0.0708 e. The van der Waals surface area contributed by atoms with Gasteiger partial charge in [-0.25, -0.2) is 0 Å². The van der Waals surface area contributed by atoms with Crippen molar-refractivity contribution >= 4 is 54.0 Å². The minimum absolute atomic E-state index is 1.03. The molecule has 6 aromatic carbocycles. The van der Waals surface area contributed by atoms with Crippen molar-refractivity contribution in [3.8, 4) is 11.1 Å². The Bertz CT molecular complexity index is 1830. The maximum Gasteiger partial charge on any atom is 0.0708 e. The summed E-state index contributed by atoms with van der Waals surface area (Å²) in [6.07, 6.45) is 1.86. The molecule has 0 bridgehead atoms. The molecule has 1 heterocycles. The van der Waals surface area contributed by atoms with E-state index in [9.17, 15) is 0 Å². The second-order valence-electron chi connectivity index (χ2n) is 8.43. The van der Waals surface area contributed by atoms with E-state index in [2.05, 4.69) is 108 Å². The van der Waals surface area contributed by atoms with Gasteiger partial charge in [-0.3, -0.25) is 4.98 Å². The third kappa shape index (κ3) is 2.48. The van der Waals surface area contributed by atoms with Gasteiger partial charge in [-0.2, -0.15) is 0 Å². The molecule has 0 fully saturated rings. The van der Waals surface area contributed by atoms with E-state index in [0.717, 1.165) is 5.52 Å². The zero-order chi connectivity index (χ0) is 21.1. The quantitative estimate of drug-likeness (QED) is 0.249. The minimum atomic E-state index is 1.03. The van der Waals surface area contributed by atoms with Crippen LogP contribution in [0.25, 0.3) is 65.1 Å². The van der Waals surface area contributed by atoms with Gasteiger partial charge in [0.05, 0.1) is 5.52 Å². The minimum Gasteiger partial charge on any atom is -0.256 e. The molecule has 1 aromatic heterocycles. The Hall–Kier alpha value is -4.23. The second-order valence-corrected chi connectivity index (χ2v) is 8.43. The summed E-state index contributed by atoms with van der Waals surface area (Å²) in [4.78, 5) is 4.55. The molecule has 7 rings (SSSR count). The van der Waals surface area contributed by atoms with E-state index < -0.39 is 0 Å². The molecule has 0 aliphatic rings. The van der Waals surface area contributed by atoms with Gasteiger partial charge in [-0.05, 0) is 78.5 Å². The molecule has 1 nitrogen and oxygen atoms in total. The molecule has 32 heavy (non-hydrogen) atoms. The molecule has 0 atom stereocenters. The molecular weight excluding hydrogens is 386 g/mol. The summed E-state index contributed by atoms with van der Waals surface area (Å²) in [5, 5.41) is 11.5. The molecule has 0 saturated heterocycles. The number of aromatic nitrogens is 1. The number of fused-ring (bicyclic) bond motifs is 8. The lowest BCUT2D eigenvalue weighted by atomic mass is 9.90. The Labute approximate surface area is 185 Å². The van der Waals surface area contributed by atoms with E-state index in [0.29, 0.717) is 0 Å². The lowest BCUT2D eigenvalue weighted by Gasteiger charge is -2.14. The van der Waals surface area contributed by atoms with Crippen LogP contribution in [0.1, 0.15) is 0 Å². The van der Waals surface area contributed by atoms with Crippen LogP contribution in [0.3, 0.4) is 0 Å². The van der Waals surface area contributed by atoms with Gasteiger partial charge in [0.1, 0.15) is 0 Å². The highest BCUT2D eigenvalue weighted by molar-refractivity contribution is 6.23. The third-order valence-corrected chi connectivity index (χ3v) is 6.66. The predicted molar refractivity (Wildman–Crippen MR) is 137 cm³/mol. The Balaban J connectivity index is 1.60. The number of nitrogens with zero attached hydrogens (tertiary/aromatic N) is 1. The van der Waals surface area contributed by atoms with E-state index in [-0.39, 0.29) is 0 Å². The summed E-state index contributed by atoms with van der Waals surface area (Å²) in [5.41, 5.74) is 3.54. The summed E-state index contributed by atoms with van der Waals surface area (Å²) in [6, 6.07) is 39.6. The molecule has 0 unspecified atom stereocenters. The zero-order valence-corrected chi connectivity index (χ0v) is 17.4. The van der Waals surface area contributed by atoms with Crippen LogP contribution in [0, 0.1) is 0 Å². The van der Waals surface area contributed by atoms with Gasteiger partial charge in [-0.1, -0.05) is 84.9 Å². The van der Waals surface area contributed by atoms with Crippen molar-refractivity contribution in [2.45, 2.75) is 0 Å². The first-order valence-electron chi connectivity index (χ1n) is 11.0. The molecule has 0 aliphatic carbocycles. The maximum absolute atomic E-state index is 4.55. The fraction of sp³-hybridized carbons (Fsp3) is 0. The van der Waals surface area contributed by atoms with Gasteiger partial charge in [0.15, 0.2) is 0 Å². The summed E-state index contributed by atoms with van der Waals surface area (Å²) in [6.45, 7) is 0. The van der Waals surface area contributed by atoms with Crippen molar-refractivity contribution in [1.29, 1.82) is 0 Å². The normalized spacial score (nSPS) is 11.8. The van der Waals surface area contributed by atoms with Crippen molar-refractivity contribution in [3.05, 3.63) is 115 Å². The van der Waals surface area contributed by atoms with Crippen LogP contribution < -0.4 is 0 Å². The number of pyridine rings is 1.